The van der Waals surface area contributed by atoms with Gasteiger partial charge in [-0.15, -0.1) is 0 Å². The van der Waals surface area contributed by atoms with Gasteiger partial charge in [0.15, 0.2) is 11.6 Å². The van der Waals surface area contributed by atoms with E-state index in [0.29, 0.717) is 16.8 Å². The molecule has 0 fully saturated rings. The minimum atomic E-state index is -0.460. The van der Waals surface area contributed by atoms with E-state index in [1.165, 1.54) is 13.2 Å². The molecule has 0 saturated carbocycles. The van der Waals surface area contributed by atoms with Crippen LogP contribution in [0.4, 0.5) is 16.2 Å². The topological polar surface area (TPSA) is 111 Å². The van der Waals surface area contributed by atoms with Gasteiger partial charge >= 0.3 is 0 Å². The number of nitrogens with zero attached hydrogens (tertiary/aromatic N) is 3. The van der Waals surface area contributed by atoms with Crippen LogP contribution in [0.25, 0.3) is 22.4 Å². The van der Waals surface area contributed by atoms with Crippen LogP contribution in [0.3, 0.4) is 0 Å². The largest absolute Gasteiger partial charge is 0.494 e. The van der Waals surface area contributed by atoms with Crippen LogP contribution >= 0.6 is 0 Å². The molecule has 3 aromatic rings. The van der Waals surface area contributed by atoms with Crippen LogP contribution in [0.5, 0.6) is 5.75 Å². The summed E-state index contributed by atoms with van der Waals surface area (Å²) in [6.45, 7) is 0. The first kappa shape index (κ1) is 16.2. The summed E-state index contributed by atoms with van der Waals surface area (Å²) in [7, 11) is 1.41. The number of anilines is 2. The molecular formula is C18H14FN5O. The lowest BCUT2D eigenvalue weighted by Crippen LogP contribution is -2.05. The summed E-state index contributed by atoms with van der Waals surface area (Å²) >= 11 is 0. The van der Waals surface area contributed by atoms with Crippen LogP contribution in [-0.2, 0) is 0 Å². The number of methoxy groups -OCH3 is 1. The van der Waals surface area contributed by atoms with Crippen molar-refractivity contribution >= 4 is 11.8 Å². The highest BCUT2D eigenvalue weighted by atomic mass is 19.1. The lowest BCUT2D eigenvalue weighted by atomic mass is 9.99. The lowest BCUT2D eigenvalue weighted by molar-refractivity contribution is 0.386. The Balaban J connectivity index is 2.12. The number of hydrogen-bond donors (Lipinski definition) is 2. The summed E-state index contributed by atoms with van der Waals surface area (Å²) in [5, 5.41) is 9.32. The zero-order chi connectivity index (χ0) is 18.0. The van der Waals surface area contributed by atoms with Crippen LogP contribution in [0, 0.1) is 17.1 Å². The monoisotopic (exact) mass is 335 g/mol. The molecule has 1 aromatic heterocycles. The second-order valence-electron chi connectivity index (χ2n) is 5.23. The molecule has 3 rings (SSSR count). The van der Waals surface area contributed by atoms with E-state index < -0.39 is 5.82 Å². The molecule has 0 saturated heterocycles. The Labute approximate surface area is 143 Å². The predicted molar refractivity (Wildman–Crippen MR) is 93.0 cm³/mol. The molecule has 0 amide bonds. The van der Waals surface area contributed by atoms with E-state index >= 15 is 0 Å². The number of halogens is 1. The molecule has 0 atom stereocenters. The molecule has 0 unspecified atom stereocenters. The zero-order valence-corrected chi connectivity index (χ0v) is 13.3. The number of ether oxygens (including phenoxy) is 1. The van der Waals surface area contributed by atoms with E-state index in [9.17, 15) is 9.65 Å². The SMILES string of the molecule is COc1ccc(-c2cccc(-c3nc(N)nc(N)c3C#N)c2)cc1F. The minimum absolute atomic E-state index is 0.0193. The molecule has 0 aliphatic carbocycles. The first-order chi connectivity index (χ1) is 12.0. The fourth-order valence-electron chi connectivity index (χ4n) is 2.51. The molecule has 2 aromatic carbocycles. The summed E-state index contributed by atoms with van der Waals surface area (Å²) in [6, 6.07) is 13.8. The molecule has 1 heterocycles. The summed E-state index contributed by atoms with van der Waals surface area (Å²) in [5.74, 6) is -0.292. The fourth-order valence-corrected chi connectivity index (χ4v) is 2.51. The third kappa shape index (κ3) is 3.05. The predicted octanol–water partition coefficient (Wildman–Crippen LogP) is 2.99. The van der Waals surface area contributed by atoms with E-state index in [2.05, 4.69) is 9.97 Å². The summed E-state index contributed by atoms with van der Waals surface area (Å²) in [4.78, 5) is 7.93. The Morgan fingerprint density at radius 1 is 1.04 bits per heavy atom. The van der Waals surface area contributed by atoms with E-state index in [4.69, 9.17) is 16.2 Å². The normalized spacial score (nSPS) is 10.3. The Bertz CT molecular complexity index is 997. The van der Waals surface area contributed by atoms with Crippen molar-refractivity contribution in [2.75, 3.05) is 18.6 Å². The minimum Gasteiger partial charge on any atom is -0.494 e. The number of nitrogen functional groups attached to an aromatic ring is 2. The highest BCUT2D eigenvalue weighted by molar-refractivity contribution is 5.77. The fraction of sp³-hybridized carbons (Fsp3) is 0.0556. The van der Waals surface area contributed by atoms with Crippen molar-refractivity contribution in [3.63, 3.8) is 0 Å². The first-order valence-electron chi connectivity index (χ1n) is 7.31. The quantitative estimate of drug-likeness (QED) is 0.761. The maximum Gasteiger partial charge on any atom is 0.222 e. The van der Waals surface area contributed by atoms with Gasteiger partial charge in [0, 0.05) is 5.56 Å². The van der Waals surface area contributed by atoms with Gasteiger partial charge < -0.3 is 16.2 Å². The van der Waals surface area contributed by atoms with Gasteiger partial charge in [0.1, 0.15) is 17.5 Å². The van der Waals surface area contributed by atoms with Crippen molar-refractivity contribution in [2.24, 2.45) is 0 Å². The van der Waals surface area contributed by atoms with Crippen LogP contribution in [0.1, 0.15) is 5.56 Å². The van der Waals surface area contributed by atoms with Gasteiger partial charge in [-0.3, -0.25) is 0 Å². The first-order valence-corrected chi connectivity index (χ1v) is 7.31. The third-order valence-corrected chi connectivity index (χ3v) is 3.69. The van der Waals surface area contributed by atoms with Crippen molar-refractivity contribution < 1.29 is 9.13 Å². The molecule has 0 aliphatic heterocycles. The maximum absolute atomic E-state index is 14.0. The molecule has 124 valence electrons. The maximum atomic E-state index is 14.0. The van der Waals surface area contributed by atoms with Crippen molar-refractivity contribution in [3.8, 4) is 34.2 Å². The molecule has 0 aliphatic rings. The summed E-state index contributed by atoms with van der Waals surface area (Å²) in [6.07, 6.45) is 0. The van der Waals surface area contributed by atoms with Gasteiger partial charge in [0.05, 0.1) is 12.8 Å². The Kier molecular flexibility index (Phi) is 4.18. The van der Waals surface area contributed by atoms with Gasteiger partial charge in [-0.2, -0.15) is 10.2 Å². The number of rotatable bonds is 3. The van der Waals surface area contributed by atoms with Crippen molar-refractivity contribution in [1.82, 2.24) is 9.97 Å². The van der Waals surface area contributed by atoms with Gasteiger partial charge in [-0.25, -0.2) is 9.37 Å². The van der Waals surface area contributed by atoms with Gasteiger partial charge in [-0.1, -0.05) is 24.3 Å². The van der Waals surface area contributed by atoms with Crippen molar-refractivity contribution in [1.29, 1.82) is 5.26 Å². The van der Waals surface area contributed by atoms with Crippen molar-refractivity contribution in [2.45, 2.75) is 0 Å². The molecular weight excluding hydrogens is 321 g/mol. The van der Waals surface area contributed by atoms with Crippen LogP contribution in [-0.4, -0.2) is 17.1 Å². The smallest absolute Gasteiger partial charge is 0.222 e. The second-order valence-corrected chi connectivity index (χ2v) is 5.23. The van der Waals surface area contributed by atoms with Gasteiger partial charge in [0.2, 0.25) is 5.95 Å². The van der Waals surface area contributed by atoms with Gasteiger partial charge in [-0.05, 0) is 29.3 Å². The number of hydrogen-bond acceptors (Lipinski definition) is 6. The molecule has 6 nitrogen and oxygen atoms in total. The average Bonchev–Trinajstić information content (AvgIpc) is 2.61. The van der Waals surface area contributed by atoms with E-state index in [-0.39, 0.29) is 23.1 Å². The average molecular weight is 335 g/mol. The van der Waals surface area contributed by atoms with Crippen LogP contribution in [0.15, 0.2) is 42.5 Å². The van der Waals surface area contributed by atoms with Gasteiger partial charge in [0.25, 0.3) is 0 Å². The van der Waals surface area contributed by atoms with Crippen molar-refractivity contribution in [3.05, 3.63) is 53.8 Å². The standard InChI is InChI=1S/C18H14FN5O/c1-25-15-6-5-11(8-14(15)19)10-3-2-4-12(7-10)16-13(9-20)17(21)24-18(22)23-16/h2-8H,1H3,(H4,21,22,23,24). The zero-order valence-electron chi connectivity index (χ0n) is 13.3. The highest BCUT2D eigenvalue weighted by Gasteiger charge is 2.14. The van der Waals surface area contributed by atoms with E-state index in [1.54, 1.807) is 30.3 Å². The number of aromatic nitrogens is 2. The summed E-state index contributed by atoms with van der Waals surface area (Å²) < 4.78 is 18.9. The van der Waals surface area contributed by atoms with Crippen LogP contribution < -0.4 is 16.2 Å². The Morgan fingerprint density at radius 2 is 1.76 bits per heavy atom. The molecule has 25 heavy (non-hydrogen) atoms. The molecule has 0 spiro atoms. The molecule has 0 radical (unpaired) electrons. The molecule has 4 N–H and O–H groups in total. The Hall–Kier alpha value is -3.66. The number of nitriles is 1. The lowest BCUT2D eigenvalue weighted by Gasteiger charge is -2.09. The third-order valence-electron chi connectivity index (χ3n) is 3.69. The number of nitrogens with two attached hydrogens (primary N) is 2. The van der Waals surface area contributed by atoms with E-state index in [1.807, 2.05) is 12.1 Å². The van der Waals surface area contributed by atoms with Crippen LogP contribution in [0.2, 0.25) is 0 Å². The second kappa shape index (κ2) is 6.45. The highest BCUT2D eigenvalue weighted by Crippen LogP contribution is 2.31. The Morgan fingerprint density at radius 3 is 2.44 bits per heavy atom. The number of benzene rings is 2. The molecule has 0 bridgehead atoms. The van der Waals surface area contributed by atoms with E-state index in [0.717, 1.165) is 5.56 Å². The summed E-state index contributed by atoms with van der Waals surface area (Å²) in [5.41, 5.74) is 13.9. The molecule has 7 heteroatoms.